The number of hydrogen-bond donors (Lipinski definition) is 3. The van der Waals surface area contributed by atoms with E-state index >= 15 is 0 Å². The topological polar surface area (TPSA) is 175 Å². The molecule has 2 aromatic carbocycles. The second kappa shape index (κ2) is 15.9. The number of amides is 3. The molecule has 8 rings (SSSR count). The summed E-state index contributed by atoms with van der Waals surface area (Å²) in [4.78, 5) is 55.1. The highest BCUT2D eigenvalue weighted by atomic mass is 16.5. The summed E-state index contributed by atoms with van der Waals surface area (Å²) in [5, 5.41) is 17.9. The number of imide groups is 1. The molecule has 2 atom stereocenters. The number of carbonyl (C=O) groups excluding carboxylic acids is 3. The average molecular weight is 781 g/mol. The zero-order valence-electron chi connectivity index (χ0n) is 33.5. The predicted molar refractivity (Wildman–Crippen MR) is 220 cm³/mol. The lowest BCUT2D eigenvalue weighted by atomic mass is 9.91. The number of rotatable bonds is 10. The standard InChI is InChI=1S/C44H48N10O4/c1-26-22-29(9-13-34(26)27(2)47-42(57)40-49-43(58-52-40)44(3,4)5)38-36-23-31(25-46-39(36)51-50-38)28-7-11-33(12-8-28)54-20-18-53(19-21-54)17-16-32-10-6-30(24-45-32)35-14-15-37(55)48-41(35)56/h6-13,22-25,27,35H,14-21H2,1-5H3,(H,47,57)(H,46,50,51)(H,48,55,56). The van der Waals surface area contributed by atoms with E-state index in [1.165, 1.54) is 5.69 Å². The van der Waals surface area contributed by atoms with Crippen LogP contribution < -0.4 is 15.5 Å². The van der Waals surface area contributed by atoms with Gasteiger partial charge in [0.25, 0.3) is 11.7 Å². The number of pyridine rings is 2. The zero-order valence-corrected chi connectivity index (χ0v) is 33.5. The normalized spacial score (nSPS) is 17.1. The molecule has 4 aromatic heterocycles. The maximum atomic E-state index is 12.9. The quantitative estimate of drug-likeness (QED) is 0.138. The molecule has 0 aliphatic carbocycles. The Labute approximate surface area is 336 Å². The van der Waals surface area contributed by atoms with Crippen molar-refractivity contribution in [2.24, 2.45) is 0 Å². The number of aromatic nitrogens is 6. The first-order valence-corrected chi connectivity index (χ1v) is 19.9. The van der Waals surface area contributed by atoms with Gasteiger partial charge in [0.05, 0.1) is 17.7 Å². The molecule has 3 N–H and O–H groups in total. The third-order valence-corrected chi connectivity index (χ3v) is 11.2. The number of benzene rings is 2. The van der Waals surface area contributed by atoms with E-state index in [1.54, 1.807) is 6.20 Å². The summed E-state index contributed by atoms with van der Waals surface area (Å²) in [6, 6.07) is 20.7. The number of piperazine rings is 1. The second-order valence-corrected chi connectivity index (χ2v) is 16.3. The number of aryl methyl sites for hydroxylation is 1. The molecular weight excluding hydrogens is 733 g/mol. The Hall–Kier alpha value is -6.28. The molecule has 0 spiro atoms. The molecular formula is C44H48N10O4. The smallest absolute Gasteiger partial charge is 0.293 e. The molecule has 6 heterocycles. The van der Waals surface area contributed by atoms with E-state index in [-0.39, 0.29) is 40.9 Å². The van der Waals surface area contributed by atoms with E-state index in [2.05, 4.69) is 87.1 Å². The van der Waals surface area contributed by atoms with Gasteiger partial charge in [-0.1, -0.05) is 56.3 Å². The van der Waals surface area contributed by atoms with Crippen LogP contribution in [0.25, 0.3) is 33.4 Å². The third kappa shape index (κ3) is 8.23. The second-order valence-electron chi connectivity index (χ2n) is 16.3. The first-order valence-electron chi connectivity index (χ1n) is 19.9. The average Bonchev–Trinajstić information content (AvgIpc) is 3.89. The van der Waals surface area contributed by atoms with Crippen LogP contribution >= 0.6 is 0 Å². The van der Waals surface area contributed by atoms with Gasteiger partial charge in [0.15, 0.2) is 5.65 Å². The summed E-state index contributed by atoms with van der Waals surface area (Å²) in [7, 11) is 0. The highest BCUT2D eigenvalue weighted by Gasteiger charge is 2.29. The van der Waals surface area contributed by atoms with Crippen LogP contribution in [0.4, 0.5) is 5.69 Å². The molecule has 14 nitrogen and oxygen atoms in total. The fourth-order valence-electron chi connectivity index (χ4n) is 7.72. The van der Waals surface area contributed by atoms with Gasteiger partial charge in [0, 0.05) is 91.3 Å². The number of hydrogen-bond acceptors (Lipinski definition) is 11. The fourth-order valence-corrected chi connectivity index (χ4v) is 7.72. The molecule has 14 heteroatoms. The summed E-state index contributed by atoms with van der Waals surface area (Å²) in [5.41, 5.74) is 9.30. The van der Waals surface area contributed by atoms with Gasteiger partial charge in [-0.25, -0.2) is 4.98 Å². The van der Waals surface area contributed by atoms with Gasteiger partial charge in [-0.2, -0.15) is 10.1 Å². The van der Waals surface area contributed by atoms with Crippen LogP contribution in [0.1, 0.15) is 91.4 Å². The van der Waals surface area contributed by atoms with E-state index < -0.39 is 0 Å². The molecule has 0 bridgehead atoms. The fraction of sp³-hybridized carbons (Fsp3) is 0.364. The van der Waals surface area contributed by atoms with Crippen LogP contribution in [0.5, 0.6) is 0 Å². The lowest BCUT2D eigenvalue weighted by molar-refractivity contribution is -0.134. The van der Waals surface area contributed by atoms with Crippen LogP contribution in [0.2, 0.25) is 0 Å². The van der Waals surface area contributed by atoms with Crippen molar-refractivity contribution in [2.45, 2.75) is 71.3 Å². The number of anilines is 1. The Kier molecular flexibility index (Phi) is 10.6. The number of piperidine rings is 1. The minimum atomic E-state index is -0.386. The molecule has 58 heavy (non-hydrogen) atoms. The number of fused-ring (bicyclic) bond motifs is 1. The number of carbonyl (C=O) groups is 3. The van der Waals surface area contributed by atoms with Gasteiger partial charge in [-0.05, 0) is 72.9 Å². The lowest BCUT2D eigenvalue weighted by Crippen LogP contribution is -2.47. The minimum absolute atomic E-state index is 0.0200. The number of H-pyrrole nitrogens is 1. The van der Waals surface area contributed by atoms with Crippen molar-refractivity contribution < 1.29 is 18.9 Å². The zero-order chi connectivity index (χ0) is 40.6. The van der Waals surface area contributed by atoms with Crippen LogP contribution in [0.15, 0.2) is 77.6 Å². The number of aromatic amines is 1. The lowest BCUT2D eigenvalue weighted by Gasteiger charge is -2.36. The van der Waals surface area contributed by atoms with Gasteiger partial charge in [-0.3, -0.25) is 34.7 Å². The molecule has 0 radical (unpaired) electrons. The Morgan fingerprint density at radius 1 is 0.948 bits per heavy atom. The summed E-state index contributed by atoms with van der Waals surface area (Å²) < 4.78 is 5.31. The van der Waals surface area contributed by atoms with Crippen molar-refractivity contribution in [1.82, 2.24) is 45.8 Å². The van der Waals surface area contributed by atoms with Crippen molar-refractivity contribution in [3.05, 3.63) is 107 Å². The third-order valence-electron chi connectivity index (χ3n) is 11.2. The number of nitrogens with one attached hydrogen (secondary N) is 3. The van der Waals surface area contributed by atoms with E-state index in [4.69, 9.17) is 4.52 Å². The molecule has 2 fully saturated rings. The van der Waals surface area contributed by atoms with Gasteiger partial charge in [0.1, 0.15) is 0 Å². The van der Waals surface area contributed by atoms with E-state index in [0.29, 0.717) is 24.4 Å². The molecule has 2 aliphatic rings. The monoisotopic (exact) mass is 780 g/mol. The predicted octanol–water partition coefficient (Wildman–Crippen LogP) is 6.05. The summed E-state index contributed by atoms with van der Waals surface area (Å²) in [6.07, 6.45) is 5.39. The molecule has 2 aliphatic heterocycles. The minimum Gasteiger partial charge on any atom is -0.369 e. The largest absolute Gasteiger partial charge is 0.369 e. The van der Waals surface area contributed by atoms with E-state index in [0.717, 1.165) is 89.3 Å². The molecule has 2 unspecified atom stereocenters. The first-order chi connectivity index (χ1) is 27.9. The van der Waals surface area contributed by atoms with Crippen molar-refractivity contribution in [3.63, 3.8) is 0 Å². The molecule has 0 saturated carbocycles. The van der Waals surface area contributed by atoms with Crippen LogP contribution in [-0.2, 0) is 21.4 Å². The van der Waals surface area contributed by atoms with Crippen molar-refractivity contribution in [3.8, 4) is 22.4 Å². The van der Waals surface area contributed by atoms with Crippen molar-refractivity contribution in [2.75, 3.05) is 37.6 Å². The van der Waals surface area contributed by atoms with Gasteiger partial charge in [-0.15, -0.1) is 0 Å². The molecule has 2 saturated heterocycles. The van der Waals surface area contributed by atoms with Gasteiger partial charge < -0.3 is 14.7 Å². The molecule has 6 aromatic rings. The summed E-state index contributed by atoms with van der Waals surface area (Å²) in [6.45, 7) is 14.6. The Bertz CT molecular complexity index is 2460. The van der Waals surface area contributed by atoms with Crippen molar-refractivity contribution in [1.29, 1.82) is 0 Å². The van der Waals surface area contributed by atoms with Crippen LogP contribution in [-0.4, -0.2) is 85.7 Å². The van der Waals surface area contributed by atoms with E-state index in [1.807, 2.05) is 65.1 Å². The summed E-state index contributed by atoms with van der Waals surface area (Å²) in [5.74, 6) is -0.693. The Morgan fingerprint density at radius 2 is 1.72 bits per heavy atom. The molecule has 298 valence electrons. The van der Waals surface area contributed by atoms with Crippen LogP contribution in [0, 0.1) is 6.92 Å². The highest BCUT2D eigenvalue weighted by molar-refractivity contribution is 6.01. The first kappa shape index (κ1) is 38.6. The molecule has 3 amide bonds. The van der Waals surface area contributed by atoms with Crippen LogP contribution in [0.3, 0.4) is 0 Å². The number of nitrogens with zero attached hydrogens (tertiary/aromatic N) is 7. The SMILES string of the molecule is Cc1cc(-c2[nH]nc3ncc(-c4ccc(N5CCN(CCc6ccc(C7CCC(=O)NC7=O)cn6)CC5)cc4)cc23)ccc1C(C)NC(=O)c1noc(C(C)(C)C)n1. The van der Waals surface area contributed by atoms with Gasteiger partial charge in [0.2, 0.25) is 17.7 Å². The van der Waals surface area contributed by atoms with Gasteiger partial charge >= 0.3 is 0 Å². The highest BCUT2D eigenvalue weighted by Crippen LogP contribution is 2.32. The Morgan fingerprint density at radius 3 is 2.41 bits per heavy atom. The Balaban J connectivity index is 0.865. The maximum absolute atomic E-state index is 12.9. The van der Waals surface area contributed by atoms with E-state index in [9.17, 15) is 14.4 Å². The maximum Gasteiger partial charge on any atom is 0.293 e. The van der Waals surface area contributed by atoms with Crippen molar-refractivity contribution >= 4 is 34.4 Å². The summed E-state index contributed by atoms with van der Waals surface area (Å²) >= 11 is 0.